The lowest BCUT2D eigenvalue weighted by atomic mass is 10.1. The molecule has 5 nitrogen and oxygen atoms in total. The molecule has 3 rings (SSSR count). The van der Waals surface area contributed by atoms with Gasteiger partial charge < -0.3 is 9.67 Å². The van der Waals surface area contributed by atoms with Crippen molar-refractivity contribution in [3.05, 3.63) is 47.9 Å². The molecule has 2 heterocycles. The normalized spacial score (nSPS) is 11.1. The van der Waals surface area contributed by atoms with Gasteiger partial charge in [0.2, 0.25) is 5.78 Å². The molecule has 0 spiro atoms. The molecule has 3 aromatic rings. The predicted octanol–water partition coefficient (Wildman–Crippen LogP) is 2.35. The number of benzene rings is 1. The van der Waals surface area contributed by atoms with Crippen molar-refractivity contribution in [2.75, 3.05) is 0 Å². The summed E-state index contributed by atoms with van der Waals surface area (Å²) in [6.45, 7) is 2.03. The molecule has 0 saturated carbocycles. The highest BCUT2D eigenvalue weighted by Gasteiger charge is 2.15. The molecule has 0 saturated heterocycles. The lowest BCUT2D eigenvalue weighted by molar-refractivity contribution is 0.0687. The topological polar surface area (TPSA) is 59.5 Å². The molecular weight excluding hydrogens is 242 g/mol. The van der Waals surface area contributed by atoms with Crippen molar-refractivity contribution in [3.63, 3.8) is 0 Å². The van der Waals surface area contributed by atoms with Gasteiger partial charge in [0, 0.05) is 25.0 Å². The highest BCUT2D eigenvalue weighted by Crippen LogP contribution is 2.21. The number of rotatable bonds is 2. The number of hydrogen-bond donors (Lipinski definition) is 1. The molecular formula is C14H13N3O2. The van der Waals surface area contributed by atoms with E-state index in [4.69, 9.17) is 5.11 Å². The smallest absolute Gasteiger partial charge is 0.354 e. The number of aryl methyl sites for hydroxylation is 2. The van der Waals surface area contributed by atoms with E-state index in [1.807, 2.05) is 31.3 Å². The molecule has 2 aromatic heterocycles. The molecule has 19 heavy (non-hydrogen) atoms. The zero-order chi connectivity index (χ0) is 13.6. The molecule has 0 aliphatic rings. The van der Waals surface area contributed by atoms with Gasteiger partial charge in [0.15, 0.2) is 0 Å². The molecule has 0 atom stereocenters. The molecule has 0 aliphatic heterocycles. The van der Waals surface area contributed by atoms with Crippen LogP contribution in [0.1, 0.15) is 16.1 Å². The average molecular weight is 255 g/mol. The van der Waals surface area contributed by atoms with Crippen LogP contribution in [0.4, 0.5) is 0 Å². The third-order valence-corrected chi connectivity index (χ3v) is 3.17. The standard InChI is InChI=1S/C14H13N3O2/c1-9-4-3-5-10(6-9)11-7-17-8-12(13(18)19)16(2)14(17)15-11/h3-8H,1-2H3,(H,18,19). The molecule has 0 radical (unpaired) electrons. The number of hydrogen-bond acceptors (Lipinski definition) is 2. The van der Waals surface area contributed by atoms with Crippen molar-refractivity contribution in [2.24, 2.45) is 7.05 Å². The second kappa shape index (κ2) is 3.98. The summed E-state index contributed by atoms with van der Waals surface area (Å²) in [5, 5.41) is 9.05. The Balaban J connectivity index is 2.16. The number of imidazole rings is 2. The summed E-state index contributed by atoms with van der Waals surface area (Å²) in [5.41, 5.74) is 3.26. The number of carboxylic acid groups (broad SMARTS) is 1. The largest absolute Gasteiger partial charge is 0.477 e. The van der Waals surface area contributed by atoms with Gasteiger partial charge in [-0.15, -0.1) is 0 Å². The van der Waals surface area contributed by atoms with E-state index < -0.39 is 5.97 Å². The fraction of sp³-hybridized carbons (Fsp3) is 0.143. The van der Waals surface area contributed by atoms with E-state index in [1.165, 1.54) is 5.56 Å². The van der Waals surface area contributed by atoms with Crippen LogP contribution in [0.2, 0.25) is 0 Å². The van der Waals surface area contributed by atoms with E-state index in [2.05, 4.69) is 11.1 Å². The maximum Gasteiger partial charge on any atom is 0.354 e. The van der Waals surface area contributed by atoms with E-state index in [9.17, 15) is 4.79 Å². The molecule has 0 bridgehead atoms. The van der Waals surface area contributed by atoms with E-state index in [0.29, 0.717) is 5.78 Å². The minimum Gasteiger partial charge on any atom is -0.477 e. The fourth-order valence-electron chi connectivity index (χ4n) is 2.20. The van der Waals surface area contributed by atoms with Crippen molar-refractivity contribution in [2.45, 2.75) is 6.92 Å². The van der Waals surface area contributed by atoms with Crippen molar-refractivity contribution < 1.29 is 9.90 Å². The lowest BCUT2D eigenvalue weighted by Crippen LogP contribution is -2.04. The van der Waals surface area contributed by atoms with Crippen LogP contribution in [-0.2, 0) is 7.05 Å². The summed E-state index contributed by atoms with van der Waals surface area (Å²) in [6, 6.07) is 8.06. The summed E-state index contributed by atoms with van der Waals surface area (Å²) in [5.74, 6) is -0.334. The first kappa shape index (κ1) is 11.5. The molecule has 1 aromatic carbocycles. The minimum atomic E-state index is -0.954. The van der Waals surface area contributed by atoms with Gasteiger partial charge in [-0.3, -0.25) is 4.40 Å². The van der Waals surface area contributed by atoms with Crippen molar-refractivity contribution in [3.8, 4) is 11.3 Å². The third-order valence-electron chi connectivity index (χ3n) is 3.17. The fourth-order valence-corrected chi connectivity index (χ4v) is 2.20. The molecule has 96 valence electrons. The van der Waals surface area contributed by atoms with Crippen LogP contribution in [0.5, 0.6) is 0 Å². The Morgan fingerprint density at radius 2 is 2.11 bits per heavy atom. The van der Waals surface area contributed by atoms with E-state index >= 15 is 0 Å². The highest BCUT2D eigenvalue weighted by molar-refractivity contribution is 5.86. The van der Waals surface area contributed by atoms with Crippen LogP contribution in [0, 0.1) is 6.92 Å². The van der Waals surface area contributed by atoms with Crippen LogP contribution in [0.15, 0.2) is 36.7 Å². The number of fused-ring (bicyclic) bond motifs is 1. The van der Waals surface area contributed by atoms with E-state index in [1.54, 1.807) is 22.2 Å². The molecule has 0 amide bonds. The quantitative estimate of drug-likeness (QED) is 0.764. The summed E-state index contributed by atoms with van der Waals surface area (Å²) in [6.07, 6.45) is 3.42. The zero-order valence-corrected chi connectivity index (χ0v) is 10.7. The van der Waals surface area contributed by atoms with Gasteiger partial charge in [0.1, 0.15) is 5.69 Å². The van der Waals surface area contributed by atoms with Crippen LogP contribution in [-0.4, -0.2) is 25.0 Å². The van der Waals surface area contributed by atoms with E-state index in [0.717, 1.165) is 11.3 Å². The van der Waals surface area contributed by atoms with Crippen molar-refractivity contribution >= 4 is 11.7 Å². The average Bonchev–Trinajstić information content (AvgIpc) is 2.89. The van der Waals surface area contributed by atoms with Gasteiger partial charge in [0.05, 0.1) is 5.69 Å². The molecule has 5 heteroatoms. The first-order chi connectivity index (χ1) is 9.06. The zero-order valence-electron chi connectivity index (χ0n) is 10.7. The lowest BCUT2D eigenvalue weighted by Gasteiger charge is -1.98. The number of aromatic nitrogens is 3. The Bertz CT molecular complexity index is 783. The second-order valence-corrected chi connectivity index (χ2v) is 4.58. The summed E-state index contributed by atoms with van der Waals surface area (Å²) < 4.78 is 3.31. The van der Waals surface area contributed by atoms with Crippen LogP contribution in [0.3, 0.4) is 0 Å². The SMILES string of the molecule is Cc1cccc(-c2cn3cc(C(=O)O)n(C)c3n2)c1. The Morgan fingerprint density at radius 1 is 1.32 bits per heavy atom. The van der Waals surface area contributed by atoms with Gasteiger partial charge in [-0.2, -0.15) is 0 Å². The van der Waals surface area contributed by atoms with Gasteiger partial charge in [-0.05, 0) is 13.0 Å². The highest BCUT2D eigenvalue weighted by atomic mass is 16.4. The van der Waals surface area contributed by atoms with Gasteiger partial charge >= 0.3 is 5.97 Å². The maximum atomic E-state index is 11.0. The first-order valence-electron chi connectivity index (χ1n) is 5.91. The Hall–Kier alpha value is -2.56. The number of nitrogens with zero attached hydrogens (tertiary/aromatic N) is 3. The van der Waals surface area contributed by atoms with Crippen LogP contribution >= 0.6 is 0 Å². The molecule has 1 N–H and O–H groups in total. The van der Waals surface area contributed by atoms with Gasteiger partial charge in [-0.1, -0.05) is 23.8 Å². The van der Waals surface area contributed by atoms with Gasteiger partial charge in [-0.25, -0.2) is 9.78 Å². The van der Waals surface area contributed by atoms with E-state index in [-0.39, 0.29) is 5.69 Å². The molecule has 0 unspecified atom stereocenters. The summed E-state index contributed by atoms with van der Waals surface area (Å²) in [7, 11) is 1.70. The van der Waals surface area contributed by atoms with Crippen molar-refractivity contribution in [1.82, 2.24) is 14.0 Å². The second-order valence-electron chi connectivity index (χ2n) is 4.58. The Labute approximate surface area is 109 Å². The van der Waals surface area contributed by atoms with Crippen LogP contribution < -0.4 is 0 Å². The predicted molar refractivity (Wildman–Crippen MR) is 71.3 cm³/mol. The minimum absolute atomic E-state index is 0.221. The number of carboxylic acids is 1. The summed E-state index contributed by atoms with van der Waals surface area (Å²) >= 11 is 0. The summed E-state index contributed by atoms with van der Waals surface area (Å²) in [4.78, 5) is 15.5. The monoisotopic (exact) mass is 255 g/mol. The Morgan fingerprint density at radius 3 is 2.74 bits per heavy atom. The number of aromatic carboxylic acids is 1. The van der Waals surface area contributed by atoms with Gasteiger partial charge in [0.25, 0.3) is 0 Å². The number of carbonyl (C=O) groups is 1. The third kappa shape index (κ3) is 1.79. The Kier molecular flexibility index (Phi) is 2.41. The molecule has 0 aliphatic carbocycles. The molecule has 0 fully saturated rings. The maximum absolute atomic E-state index is 11.0. The van der Waals surface area contributed by atoms with Crippen molar-refractivity contribution in [1.29, 1.82) is 0 Å². The van der Waals surface area contributed by atoms with Crippen LogP contribution in [0.25, 0.3) is 17.0 Å². The first-order valence-corrected chi connectivity index (χ1v) is 5.91.